The number of rotatable bonds is 6. The van der Waals surface area contributed by atoms with Gasteiger partial charge in [-0.05, 0) is 72.2 Å². The van der Waals surface area contributed by atoms with Crippen molar-refractivity contribution in [3.05, 3.63) is 64.2 Å². The van der Waals surface area contributed by atoms with Crippen molar-refractivity contribution in [2.45, 2.75) is 32.0 Å². The summed E-state index contributed by atoms with van der Waals surface area (Å²) in [4.78, 5) is 12.3. The molecule has 0 aliphatic rings. The Bertz CT molecular complexity index is 939. The second-order valence-electron chi connectivity index (χ2n) is 6.35. The molecule has 0 radical (unpaired) electrons. The maximum absolute atomic E-state index is 12.3. The summed E-state index contributed by atoms with van der Waals surface area (Å²) in [6.07, 6.45) is 0. The molecule has 0 saturated heterocycles. The Morgan fingerprint density at radius 1 is 1.22 bits per heavy atom. The molecule has 0 saturated carbocycles. The van der Waals surface area contributed by atoms with E-state index in [1.807, 2.05) is 57.2 Å². The molecule has 140 valence electrons. The fourth-order valence-electron chi connectivity index (χ4n) is 2.78. The number of hydrogen-bond donors (Lipinski definition) is 1. The van der Waals surface area contributed by atoms with Gasteiger partial charge in [0.1, 0.15) is 0 Å². The van der Waals surface area contributed by atoms with Gasteiger partial charge in [-0.2, -0.15) is 4.68 Å². The van der Waals surface area contributed by atoms with E-state index in [9.17, 15) is 4.79 Å². The number of thioether (sulfide) groups is 1. The zero-order valence-corrected chi connectivity index (χ0v) is 16.9. The van der Waals surface area contributed by atoms with Crippen LogP contribution in [0.15, 0.2) is 47.6 Å². The Hall–Kier alpha value is -2.38. The first-order valence-electron chi connectivity index (χ1n) is 8.47. The molecular weight excluding hydrogens is 382 g/mol. The third-order valence-corrected chi connectivity index (χ3v) is 5.10. The van der Waals surface area contributed by atoms with Gasteiger partial charge < -0.3 is 5.32 Å². The van der Waals surface area contributed by atoms with E-state index < -0.39 is 0 Å². The van der Waals surface area contributed by atoms with Crippen LogP contribution in [0.2, 0.25) is 5.02 Å². The van der Waals surface area contributed by atoms with Crippen molar-refractivity contribution >= 4 is 29.3 Å². The maximum Gasteiger partial charge on any atom is 0.230 e. The predicted molar refractivity (Wildman–Crippen MR) is 107 cm³/mol. The van der Waals surface area contributed by atoms with Crippen molar-refractivity contribution in [3.8, 4) is 5.69 Å². The molecule has 6 nitrogen and oxygen atoms in total. The molecule has 0 unspecified atom stereocenters. The minimum atomic E-state index is -0.132. The van der Waals surface area contributed by atoms with E-state index in [-0.39, 0.29) is 17.7 Å². The first kappa shape index (κ1) is 19.4. The molecule has 1 aromatic heterocycles. The predicted octanol–water partition coefficient (Wildman–Crippen LogP) is 3.90. The number of nitrogens with zero attached hydrogens (tertiary/aromatic N) is 4. The van der Waals surface area contributed by atoms with E-state index in [4.69, 9.17) is 11.6 Å². The number of benzene rings is 2. The third-order valence-electron chi connectivity index (χ3n) is 3.95. The average Bonchev–Trinajstić information content (AvgIpc) is 3.07. The molecule has 27 heavy (non-hydrogen) atoms. The summed E-state index contributed by atoms with van der Waals surface area (Å²) in [6, 6.07) is 13.4. The molecule has 1 atom stereocenters. The molecule has 1 amide bonds. The van der Waals surface area contributed by atoms with Crippen molar-refractivity contribution in [2.75, 3.05) is 5.75 Å². The number of aromatic nitrogens is 4. The summed E-state index contributed by atoms with van der Waals surface area (Å²) < 4.78 is 1.65. The number of hydrogen-bond acceptors (Lipinski definition) is 5. The molecule has 0 aliphatic carbocycles. The van der Waals surface area contributed by atoms with Gasteiger partial charge in [-0.3, -0.25) is 4.79 Å². The van der Waals surface area contributed by atoms with Crippen molar-refractivity contribution in [1.82, 2.24) is 25.5 Å². The molecule has 1 N–H and O–H groups in total. The van der Waals surface area contributed by atoms with Crippen LogP contribution in [0.3, 0.4) is 0 Å². The second-order valence-corrected chi connectivity index (χ2v) is 7.73. The summed E-state index contributed by atoms with van der Waals surface area (Å²) in [7, 11) is 0. The van der Waals surface area contributed by atoms with E-state index >= 15 is 0 Å². The van der Waals surface area contributed by atoms with Gasteiger partial charge in [0.05, 0.1) is 17.5 Å². The summed E-state index contributed by atoms with van der Waals surface area (Å²) in [5.74, 6) is 0.123. The van der Waals surface area contributed by atoms with Gasteiger partial charge in [0.25, 0.3) is 0 Å². The number of tetrazole rings is 1. The average molecular weight is 402 g/mol. The van der Waals surface area contributed by atoms with Gasteiger partial charge in [-0.15, -0.1) is 5.10 Å². The molecule has 0 bridgehead atoms. The van der Waals surface area contributed by atoms with Gasteiger partial charge in [0, 0.05) is 5.02 Å². The number of amides is 1. The van der Waals surface area contributed by atoms with Gasteiger partial charge in [0.15, 0.2) is 0 Å². The summed E-state index contributed by atoms with van der Waals surface area (Å²) in [5, 5.41) is 16.0. The van der Waals surface area contributed by atoms with Crippen molar-refractivity contribution in [1.29, 1.82) is 0 Å². The summed E-state index contributed by atoms with van der Waals surface area (Å²) in [5.41, 5.74) is 4.10. The fraction of sp³-hybridized carbons (Fsp3) is 0.263. The lowest BCUT2D eigenvalue weighted by atomic mass is 10.1. The zero-order chi connectivity index (χ0) is 19.4. The molecule has 2 aromatic carbocycles. The van der Waals surface area contributed by atoms with Gasteiger partial charge in [0.2, 0.25) is 11.1 Å². The molecule has 0 aliphatic heterocycles. The quantitative estimate of drug-likeness (QED) is 0.634. The first-order chi connectivity index (χ1) is 12.9. The molecule has 0 spiro atoms. The van der Waals surface area contributed by atoms with Crippen LogP contribution in [0, 0.1) is 13.8 Å². The Balaban J connectivity index is 1.64. The lowest BCUT2D eigenvalue weighted by molar-refractivity contribution is -0.119. The van der Waals surface area contributed by atoms with Crippen LogP contribution in [0.1, 0.15) is 29.7 Å². The highest BCUT2D eigenvalue weighted by Crippen LogP contribution is 2.21. The van der Waals surface area contributed by atoms with E-state index in [2.05, 4.69) is 26.9 Å². The van der Waals surface area contributed by atoms with Gasteiger partial charge >= 0.3 is 0 Å². The summed E-state index contributed by atoms with van der Waals surface area (Å²) in [6.45, 7) is 5.98. The molecule has 8 heteroatoms. The SMILES string of the molecule is Cc1cc(C)cc(-n2nnnc2SCC(=O)N[C@@H](C)c2cccc(Cl)c2)c1. The smallest absolute Gasteiger partial charge is 0.230 e. The van der Waals surface area contributed by atoms with Crippen LogP contribution >= 0.6 is 23.4 Å². The highest BCUT2D eigenvalue weighted by Gasteiger charge is 2.14. The van der Waals surface area contributed by atoms with E-state index in [1.165, 1.54) is 11.8 Å². The lowest BCUT2D eigenvalue weighted by Gasteiger charge is -2.14. The molecule has 3 rings (SSSR count). The fourth-order valence-corrected chi connectivity index (χ4v) is 3.68. The van der Waals surface area contributed by atoms with Crippen LogP contribution in [0.5, 0.6) is 0 Å². The van der Waals surface area contributed by atoms with E-state index in [0.29, 0.717) is 10.2 Å². The highest BCUT2D eigenvalue weighted by atomic mass is 35.5. The zero-order valence-electron chi connectivity index (χ0n) is 15.3. The van der Waals surface area contributed by atoms with Crippen molar-refractivity contribution in [3.63, 3.8) is 0 Å². The van der Waals surface area contributed by atoms with Crippen LogP contribution < -0.4 is 5.32 Å². The van der Waals surface area contributed by atoms with Crippen LogP contribution in [-0.2, 0) is 4.79 Å². The standard InChI is InChI=1S/C19H20ClN5OS/c1-12-7-13(2)9-17(8-12)25-19(22-23-24-25)27-11-18(26)21-14(3)15-5-4-6-16(20)10-15/h4-10,14H,11H2,1-3H3,(H,21,26)/t14-/m0/s1. The largest absolute Gasteiger partial charge is 0.349 e. The maximum atomic E-state index is 12.3. The van der Waals surface area contributed by atoms with Crippen LogP contribution in [0.4, 0.5) is 0 Å². The number of carbonyl (C=O) groups excluding carboxylic acids is 1. The van der Waals surface area contributed by atoms with Gasteiger partial charge in [-0.1, -0.05) is 41.6 Å². The molecule has 3 aromatic rings. The minimum absolute atomic E-state index is 0.0950. The lowest BCUT2D eigenvalue weighted by Crippen LogP contribution is -2.28. The van der Waals surface area contributed by atoms with Gasteiger partial charge in [-0.25, -0.2) is 0 Å². The molecule has 1 heterocycles. The normalized spacial score (nSPS) is 12.0. The third kappa shape index (κ3) is 5.08. The minimum Gasteiger partial charge on any atom is -0.349 e. The molecular formula is C19H20ClN5OS. The van der Waals surface area contributed by atoms with E-state index in [0.717, 1.165) is 22.4 Å². The summed E-state index contributed by atoms with van der Waals surface area (Å²) >= 11 is 7.31. The Labute approximate surface area is 167 Å². The number of halogens is 1. The first-order valence-corrected chi connectivity index (χ1v) is 9.83. The number of carbonyl (C=O) groups is 1. The monoisotopic (exact) mass is 401 g/mol. The number of nitrogens with one attached hydrogen (secondary N) is 1. The van der Waals surface area contributed by atoms with Crippen LogP contribution in [0.25, 0.3) is 5.69 Å². The highest BCUT2D eigenvalue weighted by molar-refractivity contribution is 7.99. The molecule has 0 fully saturated rings. The van der Waals surface area contributed by atoms with Crippen molar-refractivity contribution < 1.29 is 4.79 Å². The van der Waals surface area contributed by atoms with E-state index in [1.54, 1.807) is 4.68 Å². The second kappa shape index (κ2) is 8.54. The van der Waals surface area contributed by atoms with Crippen LogP contribution in [-0.4, -0.2) is 31.9 Å². The Morgan fingerprint density at radius 2 is 1.96 bits per heavy atom. The Kier molecular flexibility index (Phi) is 6.13. The topological polar surface area (TPSA) is 72.7 Å². The number of aryl methyl sites for hydroxylation is 2. The van der Waals surface area contributed by atoms with Crippen molar-refractivity contribution in [2.24, 2.45) is 0 Å². The Morgan fingerprint density at radius 3 is 2.67 bits per heavy atom.